The van der Waals surface area contributed by atoms with Crippen molar-refractivity contribution in [2.45, 2.75) is 130 Å². The molecule has 0 N–H and O–H groups in total. The Morgan fingerprint density at radius 2 is 1.43 bits per heavy atom. The molecule has 1 spiro atoms. The zero-order valence-electron chi connectivity index (χ0n) is 19.8. The van der Waals surface area contributed by atoms with E-state index in [1.54, 1.807) is 0 Å². The van der Waals surface area contributed by atoms with Crippen LogP contribution in [0, 0.1) is 16.7 Å². The molecule has 3 fully saturated rings. The standard InChI is InChI=1S/C25H45NO3S/c1-4-5-6-7-8-9-10-11-12-13-14-15-16-23(27)26-22-19-21-17-18-25(22,24(21,2)3)20-30(26,28)29/h21-22H,4-20H2,1-3H3/t21?,22-,25-/m1/s1. The van der Waals surface area contributed by atoms with E-state index in [1.807, 2.05) is 0 Å². The number of rotatable bonds is 13. The fourth-order valence-electron chi connectivity index (χ4n) is 6.84. The van der Waals surface area contributed by atoms with Gasteiger partial charge in [-0.3, -0.25) is 4.79 Å². The molecule has 1 aliphatic heterocycles. The fraction of sp³-hybridized carbons (Fsp3) is 0.960. The number of carbonyl (C=O) groups is 1. The van der Waals surface area contributed by atoms with Crippen molar-refractivity contribution < 1.29 is 13.2 Å². The van der Waals surface area contributed by atoms with Crippen molar-refractivity contribution in [3.63, 3.8) is 0 Å². The molecular formula is C25H45NO3S. The second kappa shape index (κ2) is 9.92. The molecule has 30 heavy (non-hydrogen) atoms. The number of nitrogens with zero attached hydrogens (tertiary/aromatic N) is 1. The Hall–Kier alpha value is -0.580. The quantitative estimate of drug-likeness (QED) is 0.310. The largest absolute Gasteiger partial charge is 0.274 e. The van der Waals surface area contributed by atoms with E-state index >= 15 is 0 Å². The van der Waals surface area contributed by atoms with Crippen LogP contribution in [0.3, 0.4) is 0 Å². The molecule has 3 rings (SSSR count). The smallest absolute Gasteiger partial charge is 0.238 e. The van der Waals surface area contributed by atoms with Crippen molar-refractivity contribution in [3.05, 3.63) is 0 Å². The second-order valence-electron chi connectivity index (χ2n) is 10.9. The van der Waals surface area contributed by atoms with Crippen LogP contribution in [0.25, 0.3) is 0 Å². The Bertz CT molecular complexity index is 687. The third kappa shape index (κ3) is 4.61. The Morgan fingerprint density at radius 1 is 0.900 bits per heavy atom. The molecule has 1 unspecified atom stereocenters. The van der Waals surface area contributed by atoms with Gasteiger partial charge in [0.15, 0.2) is 0 Å². The molecule has 3 atom stereocenters. The molecule has 1 heterocycles. The van der Waals surface area contributed by atoms with Crippen molar-refractivity contribution >= 4 is 15.9 Å². The second-order valence-corrected chi connectivity index (χ2v) is 12.8. The lowest BCUT2D eigenvalue weighted by atomic mass is 9.69. The van der Waals surface area contributed by atoms with E-state index in [0.29, 0.717) is 12.3 Å². The Balaban J connectivity index is 1.33. The number of unbranched alkanes of at least 4 members (excludes halogenated alkanes) is 11. The van der Waals surface area contributed by atoms with Gasteiger partial charge in [-0.2, -0.15) is 0 Å². The van der Waals surface area contributed by atoms with E-state index in [0.717, 1.165) is 32.1 Å². The molecule has 2 saturated carbocycles. The Kier molecular flexibility index (Phi) is 7.96. The van der Waals surface area contributed by atoms with E-state index in [4.69, 9.17) is 0 Å². The summed E-state index contributed by atoms with van der Waals surface area (Å²) in [6, 6.07) is -0.0684. The molecule has 3 aliphatic rings. The first-order valence-corrected chi connectivity index (χ1v) is 14.4. The highest BCUT2D eigenvalue weighted by atomic mass is 32.2. The highest BCUT2D eigenvalue weighted by molar-refractivity contribution is 7.90. The molecule has 4 nitrogen and oxygen atoms in total. The van der Waals surface area contributed by atoms with Gasteiger partial charge in [0, 0.05) is 11.8 Å². The van der Waals surface area contributed by atoms with Gasteiger partial charge in [-0.1, -0.05) is 91.4 Å². The van der Waals surface area contributed by atoms with Gasteiger partial charge < -0.3 is 0 Å². The lowest BCUT2D eigenvalue weighted by molar-refractivity contribution is -0.129. The summed E-state index contributed by atoms with van der Waals surface area (Å²) >= 11 is 0. The van der Waals surface area contributed by atoms with Crippen molar-refractivity contribution in [3.8, 4) is 0 Å². The van der Waals surface area contributed by atoms with E-state index in [-0.39, 0.29) is 28.5 Å². The fourth-order valence-corrected chi connectivity index (χ4v) is 9.42. The summed E-state index contributed by atoms with van der Waals surface area (Å²) in [4.78, 5) is 12.9. The maximum atomic E-state index is 12.9. The van der Waals surface area contributed by atoms with E-state index < -0.39 is 10.0 Å². The zero-order chi connectivity index (χ0) is 21.8. The van der Waals surface area contributed by atoms with Crippen molar-refractivity contribution in [1.29, 1.82) is 0 Å². The summed E-state index contributed by atoms with van der Waals surface area (Å²) in [5.74, 6) is 0.630. The van der Waals surface area contributed by atoms with E-state index in [1.165, 1.54) is 68.5 Å². The lowest BCUT2D eigenvalue weighted by Gasteiger charge is -2.37. The van der Waals surface area contributed by atoms with Gasteiger partial charge in [-0.15, -0.1) is 0 Å². The number of amides is 1. The van der Waals surface area contributed by atoms with Crippen LogP contribution in [0.5, 0.6) is 0 Å². The summed E-state index contributed by atoms with van der Waals surface area (Å²) < 4.78 is 27.2. The maximum absolute atomic E-state index is 12.9. The van der Waals surface area contributed by atoms with E-state index in [2.05, 4.69) is 20.8 Å². The average Bonchev–Trinajstić information content (AvgIpc) is 3.16. The number of hydrogen-bond acceptors (Lipinski definition) is 3. The molecule has 5 heteroatoms. The summed E-state index contributed by atoms with van der Waals surface area (Å²) in [5, 5.41) is 0. The van der Waals surface area contributed by atoms with Crippen molar-refractivity contribution in [1.82, 2.24) is 4.31 Å². The maximum Gasteiger partial charge on any atom is 0.238 e. The van der Waals surface area contributed by atoms with Crippen LogP contribution in [0.2, 0.25) is 0 Å². The van der Waals surface area contributed by atoms with E-state index in [9.17, 15) is 13.2 Å². The Morgan fingerprint density at radius 3 is 1.97 bits per heavy atom. The SMILES string of the molecule is CCCCCCCCCCCCCCC(=O)N1[C@@H]2CC3CC[C@]2(CS1(=O)=O)C3(C)C. The van der Waals surface area contributed by atoms with Gasteiger partial charge >= 0.3 is 0 Å². The minimum atomic E-state index is -3.44. The van der Waals surface area contributed by atoms with Crippen LogP contribution in [0.15, 0.2) is 0 Å². The molecule has 1 amide bonds. The van der Waals surface area contributed by atoms with Crippen LogP contribution >= 0.6 is 0 Å². The first-order valence-electron chi connectivity index (χ1n) is 12.8. The summed E-state index contributed by atoms with van der Waals surface area (Å²) in [7, 11) is -3.44. The van der Waals surface area contributed by atoms with Crippen LogP contribution in [-0.4, -0.2) is 30.4 Å². The molecule has 0 radical (unpaired) electrons. The Labute approximate surface area is 185 Å². The van der Waals surface area contributed by atoms with Gasteiger partial charge in [0.1, 0.15) is 0 Å². The molecule has 1 saturated heterocycles. The highest BCUT2D eigenvalue weighted by Gasteiger charge is 2.72. The van der Waals surface area contributed by atoms with Gasteiger partial charge in [0.05, 0.1) is 11.8 Å². The van der Waals surface area contributed by atoms with Crippen LogP contribution in [0.1, 0.15) is 124 Å². The molecule has 0 aromatic heterocycles. The topological polar surface area (TPSA) is 54.5 Å². The van der Waals surface area contributed by atoms with Gasteiger partial charge in [0.25, 0.3) is 0 Å². The normalized spacial score (nSPS) is 30.7. The number of sulfonamides is 1. The molecule has 0 aromatic carbocycles. The molecule has 2 aliphatic carbocycles. The zero-order valence-corrected chi connectivity index (χ0v) is 20.6. The van der Waals surface area contributed by atoms with Crippen molar-refractivity contribution in [2.24, 2.45) is 16.7 Å². The van der Waals surface area contributed by atoms with Crippen molar-refractivity contribution in [2.75, 3.05) is 5.75 Å². The van der Waals surface area contributed by atoms with Gasteiger partial charge in [-0.05, 0) is 37.0 Å². The predicted molar refractivity (Wildman–Crippen MR) is 124 cm³/mol. The first kappa shape index (κ1) is 24.1. The summed E-state index contributed by atoms with van der Waals surface area (Å²) in [6.45, 7) is 6.73. The molecule has 174 valence electrons. The summed E-state index contributed by atoms with van der Waals surface area (Å²) in [6.07, 6.45) is 18.5. The van der Waals surface area contributed by atoms with Gasteiger partial charge in [0.2, 0.25) is 15.9 Å². The van der Waals surface area contributed by atoms with Crippen LogP contribution < -0.4 is 0 Å². The monoisotopic (exact) mass is 439 g/mol. The molecule has 0 aromatic rings. The summed E-state index contributed by atoms with van der Waals surface area (Å²) in [5.41, 5.74) is -0.154. The predicted octanol–water partition coefficient (Wildman–Crippen LogP) is 6.44. The third-order valence-corrected chi connectivity index (χ3v) is 10.8. The number of fused-ring (bicyclic) bond motifs is 1. The van der Waals surface area contributed by atoms with Gasteiger partial charge in [-0.25, -0.2) is 12.7 Å². The van der Waals surface area contributed by atoms with Crippen LogP contribution in [-0.2, 0) is 14.8 Å². The lowest BCUT2D eigenvalue weighted by Crippen LogP contribution is -2.44. The molecular weight excluding hydrogens is 394 g/mol. The van der Waals surface area contributed by atoms with Crippen LogP contribution in [0.4, 0.5) is 0 Å². The number of carbonyl (C=O) groups excluding carboxylic acids is 1. The minimum absolute atomic E-state index is 0.0375. The number of hydrogen-bond donors (Lipinski definition) is 0. The third-order valence-electron chi connectivity index (χ3n) is 8.90. The minimum Gasteiger partial charge on any atom is -0.274 e. The molecule has 2 bridgehead atoms. The highest BCUT2D eigenvalue weighted by Crippen LogP contribution is 2.70. The average molecular weight is 440 g/mol. The first-order chi connectivity index (χ1) is 14.3.